The zero-order valence-electron chi connectivity index (χ0n) is 18.5. The van der Waals surface area contributed by atoms with E-state index >= 15 is 0 Å². The van der Waals surface area contributed by atoms with Gasteiger partial charge in [0.2, 0.25) is 15.9 Å². The molecule has 0 bridgehead atoms. The number of benzene rings is 2. The number of anilines is 1. The van der Waals surface area contributed by atoms with E-state index in [4.69, 9.17) is 27.9 Å². The summed E-state index contributed by atoms with van der Waals surface area (Å²) in [7, 11) is -2.14. The Morgan fingerprint density at radius 2 is 1.81 bits per heavy atom. The summed E-state index contributed by atoms with van der Waals surface area (Å²) >= 11 is 12.2. The maximum Gasteiger partial charge on any atom is 0.241 e. The molecule has 0 saturated carbocycles. The largest absolute Gasteiger partial charge is 0.496 e. The number of carbonyl (C=O) groups is 1. The maximum absolute atomic E-state index is 12.8. The summed E-state index contributed by atoms with van der Waals surface area (Å²) in [6.45, 7) is 7.51. The number of carbonyl (C=O) groups excluding carboxylic acids is 1. The lowest BCUT2D eigenvalue weighted by atomic mass is 9.93. The molecule has 1 amide bonds. The number of rotatable bonds is 8. The zero-order chi connectivity index (χ0) is 23.5. The van der Waals surface area contributed by atoms with Crippen molar-refractivity contribution >= 4 is 44.8 Å². The molecule has 0 aliphatic carbocycles. The maximum atomic E-state index is 12.8. The third-order valence-corrected chi connectivity index (χ3v) is 6.91. The second kappa shape index (κ2) is 10.1. The number of halogens is 2. The molecule has 0 heterocycles. The van der Waals surface area contributed by atoms with Gasteiger partial charge in [-0.3, -0.25) is 9.10 Å². The van der Waals surface area contributed by atoms with Crippen molar-refractivity contribution < 1.29 is 17.9 Å². The molecule has 0 fully saturated rings. The number of ether oxygens (including phenoxy) is 1. The molecule has 2 rings (SSSR count). The fourth-order valence-corrected chi connectivity index (χ4v) is 4.68. The van der Waals surface area contributed by atoms with Gasteiger partial charge >= 0.3 is 0 Å². The molecular weight excluding hydrogens is 459 g/mol. The molecule has 0 aromatic heterocycles. The summed E-state index contributed by atoms with van der Waals surface area (Å²) in [6.07, 6.45) is 1.02. The SMILES string of the molecule is COc1cc(C)c([C@H](C)NC(=O)CN(c2cccc(Cl)c2Cl)S(C)(=O)=O)cc1C(C)C. The lowest BCUT2D eigenvalue weighted by Gasteiger charge is -2.25. The first-order valence-electron chi connectivity index (χ1n) is 9.76. The van der Waals surface area contributed by atoms with E-state index < -0.39 is 22.5 Å². The van der Waals surface area contributed by atoms with Crippen LogP contribution in [-0.2, 0) is 14.8 Å². The average Bonchev–Trinajstić information content (AvgIpc) is 2.67. The smallest absolute Gasteiger partial charge is 0.241 e. The summed E-state index contributed by atoms with van der Waals surface area (Å²) < 4.78 is 31.1. The average molecular weight is 487 g/mol. The van der Waals surface area contributed by atoms with E-state index in [1.807, 2.05) is 26.0 Å². The van der Waals surface area contributed by atoms with Crippen LogP contribution in [0.15, 0.2) is 30.3 Å². The number of sulfonamides is 1. The van der Waals surface area contributed by atoms with Crippen LogP contribution in [0.1, 0.15) is 49.4 Å². The molecule has 0 radical (unpaired) electrons. The summed E-state index contributed by atoms with van der Waals surface area (Å²) in [5.41, 5.74) is 3.09. The molecule has 2 aromatic carbocycles. The van der Waals surface area contributed by atoms with Crippen LogP contribution < -0.4 is 14.4 Å². The highest BCUT2D eigenvalue weighted by Crippen LogP contribution is 2.34. The molecule has 0 unspecified atom stereocenters. The van der Waals surface area contributed by atoms with Gasteiger partial charge in [-0.25, -0.2) is 8.42 Å². The highest BCUT2D eigenvalue weighted by atomic mass is 35.5. The van der Waals surface area contributed by atoms with Crippen molar-refractivity contribution in [2.75, 3.05) is 24.2 Å². The van der Waals surface area contributed by atoms with Crippen LogP contribution in [0.5, 0.6) is 5.75 Å². The molecule has 0 saturated heterocycles. The Balaban J connectivity index is 2.29. The predicted molar refractivity (Wildman–Crippen MR) is 127 cm³/mol. The molecule has 170 valence electrons. The van der Waals surface area contributed by atoms with E-state index in [-0.39, 0.29) is 27.7 Å². The standard InChI is InChI=1S/C22H28Cl2N2O4S/c1-13(2)16-11-17(14(3)10-20(16)30-5)15(4)25-21(27)12-26(31(6,28)29)19-9-7-8-18(23)22(19)24/h7-11,13,15H,12H2,1-6H3,(H,25,27)/t15-/m0/s1. The molecule has 6 nitrogen and oxygen atoms in total. The fraction of sp³-hybridized carbons (Fsp3) is 0.409. The minimum Gasteiger partial charge on any atom is -0.496 e. The van der Waals surface area contributed by atoms with Gasteiger partial charge in [-0.05, 0) is 60.7 Å². The Morgan fingerprint density at radius 1 is 1.16 bits per heavy atom. The molecule has 31 heavy (non-hydrogen) atoms. The number of aryl methyl sites for hydroxylation is 1. The number of nitrogens with one attached hydrogen (secondary N) is 1. The summed E-state index contributed by atoms with van der Waals surface area (Å²) in [5, 5.41) is 3.16. The van der Waals surface area contributed by atoms with Crippen molar-refractivity contribution in [1.29, 1.82) is 0 Å². The Kier molecular flexibility index (Phi) is 8.25. The first-order chi connectivity index (χ1) is 14.4. The van der Waals surface area contributed by atoms with Gasteiger partial charge in [-0.1, -0.05) is 43.1 Å². The predicted octanol–water partition coefficient (Wildman–Crippen LogP) is 5.08. The second-order valence-corrected chi connectivity index (χ2v) is 10.4. The van der Waals surface area contributed by atoms with Crippen LogP contribution in [0.2, 0.25) is 10.0 Å². The number of hydrogen-bond donors (Lipinski definition) is 1. The Labute approximate surface area is 194 Å². The Bertz CT molecular complexity index is 1070. The van der Waals surface area contributed by atoms with Gasteiger partial charge in [0.15, 0.2) is 0 Å². The molecule has 1 N–H and O–H groups in total. The van der Waals surface area contributed by atoms with E-state index in [9.17, 15) is 13.2 Å². The zero-order valence-corrected chi connectivity index (χ0v) is 20.8. The quantitative estimate of drug-likeness (QED) is 0.564. The van der Waals surface area contributed by atoms with E-state index in [0.29, 0.717) is 0 Å². The molecular formula is C22H28Cl2N2O4S. The minimum absolute atomic E-state index is 0.0722. The minimum atomic E-state index is -3.77. The van der Waals surface area contributed by atoms with Gasteiger partial charge in [0.05, 0.1) is 35.1 Å². The number of nitrogens with zero attached hydrogens (tertiary/aromatic N) is 1. The summed E-state index contributed by atoms with van der Waals surface area (Å²) in [6, 6.07) is 8.26. The molecule has 9 heteroatoms. The van der Waals surface area contributed by atoms with E-state index in [1.54, 1.807) is 19.2 Å². The van der Waals surface area contributed by atoms with Gasteiger partial charge in [-0.15, -0.1) is 0 Å². The number of amides is 1. The Hall–Kier alpha value is -1.96. The van der Waals surface area contributed by atoms with Crippen LogP contribution in [0.3, 0.4) is 0 Å². The van der Waals surface area contributed by atoms with E-state index in [1.165, 1.54) is 6.07 Å². The number of hydrogen-bond acceptors (Lipinski definition) is 4. The van der Waals surface area contributed by atoms with Crippen molar-refractivity contribution in [3.63, 3.8) is 0 Å². The van der Waals surface area contributed by atoms with Gasteiger partial charge in [0, 0.05) is 0 Å². The molecule has 0 aliphatic rings. The van der Waals surface area contributed by atoms with Crippen LogP contribution in [0.4, 0.5) is 5.69 Å². The van der Waals surface area contributed by atoms with Crippen LogP contribution >= 0.6 is 23.2 Å². The lowest BCUT2D eigenvalue weighted by Crippen LogP contribution is -2.41. The molecule has 0 aliphatic heterocycles. The highest BCUT2D eigenvalue weighted by molar-refractivity contribution is 7.92. The second-order valence-electron chi connectivity index (χ2n) is 7.74. The van der Waals surface area contributed by atoms with E-state index in [0.717, 1.165) is 33.0 Å². The first kappa shape index (κ1) is 25.3. The lowest BCUT2D eigenvalue weighted by molar-refractivity contribution is -0.120. The normalized spacial score (nSPS) is 12.5. The van der Waals surface area contributed by atoms with Crippen molar-refractivity contribution in [3.05, 3.63) is 57.1 Å². The van der Waals surface area contributed by atoms with Gasteiger partial charge in [0.25, 0.3) is 0 Å². The van der Waals surface area contributed by atoms with Crippen molar-refractivity contribution in [3.8, 4) is 5.75 Å². The third kappa shape index (κ3) is 6.05. The van der Waals surface area contributed by atoms with Crippen molar-refractivity contribution in [1.82, 2.24) is 5.32 Å². The first-order valence-corrected chi connectivity index (χ1v) is 12.4. The van der Waals surface area contributed by atoms with Gasteiger partial charge < -0.3 is 10.1 Å². The highest BCUT2D eigenvalue weighted by Gasteiger charge is 2.25. The van der Waals surface area contributed by atoms with Crippen LogP contribution in [0, 0.1) is 6.92 Å². The fourth-order valence-electron chi connectivity index (χ4n) is 3.37. The molecule has 2 aromatic rings. The summed E-state index contributed by atoms with van der Waals surface area (Å²) in [5.74, 6) is 0.576. The van der Waals surface area contributed by atoms with E-state index in [2.05, 4.69) is 19.2 Å². The third-order valence-electron chi connectivity index (χ3n) is 4.97. The monoisotopic (exact) mass is 486 g/mol. The Morgan fingerprint density at radius 3 is 2.35 bits per heavy atom. The van der Waals surface area contributed by atoms with Gasteiger partial charge in [0.1, 0.15) is 12.3 Å². The van der Waals surface area contributed by atoms with Crippen LogP contribution in [-0.4, -0.2) is 34.2 Å². The van der Waals surface area contributed by atoms with Crippen molar-refractivity contribution in [2.24, 2.45) is 0 Å². The molecule has 1 atom stereocenters. The van der Waals surface area contributed by atoms with Crippen molar-refractivity contribution in [2.45, 2.75) is 39.7 Å². The summed E-state index contributed by atoms with van der Waals surface area (Å²) in [4.78, 5) is 12.8. The topological polar surface area (TPSA) is 75.7 Å². The molecule has 0 spiro atoms. The van der Waals surface area contributed by atoms with Gasteiger partial charge in [-0.2, -0.15) is 0 Å². The number of methoxy groups -OCH3 is 1. The van der Waals surface area contributed by atoms with Crippen LogP contribution in [0.25, 0.3) is 0 Å².